The molecule has 3 N–H and O–H groups in total. The fourth-order valence-electron chi connectivity index (χ4n) is 1.39. The second kappa shape index (κ2) is 5.24. The molecule has 0 aliphatic carbocycles. The van der Waals surface area contributed by atoms with Crippen LogP contribution in [0.25, 0.3) is 0 Å². The van der Waals surface area contributed by atoms with Crippen LogP contribution in [-0.2, 0) is 4.79 Å². The number of primary amides is 1. The average molecular weight is 221 g/mol. The molecule has 0 heterocycles. The second-order valence-electron chi connectivity index (χ2n) is 3.24. The third-order valence-electron chi connectivity index (χ3n) is 2.14. The predicted molar refractivity (Wildman–Crippen MR) is 56.7 cm³/mol. The molecule has 0 radical (unpaired) electrons. The van der Waals surface area contributed by atoms with Gasteiger partial charge in [-0.1, -0.05) is 13.0 Å². The number of amides is 1. The van der Waals surface area contributed by atoms with Gasteiger partial charge in [-0.15, -0.1) is 0 Å². The van der Waals surface area contributed by atoms with Crippen molar-refractivity contribution in [2.75, 3.05) is 6.54 Å². The molecule has 0 aliphatic rings. The summed E-state index contributed by atoms with van der Waals surface area (Å²) in [6.07, 6.45) is 0. The molecule has 0 saturated heterocycles. The van der Waals surface area contributed by atoms with E-state index >= 15 is 0 Å². The standard InChI is InChI=1S/C11H12FN3O/c1-2-15-10(11(14)16)7-3-4-9(12)8(5-7)6-13/h3-5,10,15H,2H2,1H3,(H2,14,16). The number of carbonyl (C=O) groups excluding carboxylic acids is 1. The zero-order chi connectivity index (χ0) is 12.1. The van der Waals surface area contributed by atoms with Crippen molar-refractivity contribution in [1.82, 2.24) is 5.32 Å². The Morgan fingerprint density at radius 2 is 2.38 bits per heavy atom. The first-order valence-corrected chi connectivity index (χ1v) is 4.82. The van der Waals surface area contributed by atoms with E-state index in [2.05, 4.69) is 5.32 Å². The molecule has 5 heteroatoms. The summed E-state index contributed by atoms with van der Waals surface area (Å²) in [6, 6.07) is 4.94. The van der Waals surface area contributed by atoms with E-state index in [4.69, 9.17) is 11.0 Å². The Kier molecular flexibility index (Phi) is 3.97. The van der Waals surface area contributed by atoms with Gasteiger partial charge < -0.3 is 11.1 Å². The number of halogens is 1. The predicted octanol–water partition coefficient (Wildman–Crippen LogP) is 0.833. The Hall–Kier alpha value is -1.93. The molecule has 84 valence electrons. The van der Waals surface area contributed by atoms with Crippen molar-refractivity contribution >= 4 is 5.91 Å². The van der Waals surface area contributed by atoms with Gasteiger partial charge in [0.15, 0.2) is 0 Å². The number of hydrogen-bond donors (Lipinski definition) is 2. The van der Waals surface area contributed by atoms with Crippen molar-refractivity contribution in [3.63, 3.8) is 0 Å². The molecule has 16 heavy (non-hydrogen) atoms. The van der Waals surface area contributed by atoms with Gasteiger partial charge in [-0.25, -0.2) is 4.39 Å². The molecule has 1 unspecified atom stereocenters. The maximum atomic E-state index is 13.1. The van der Waals surface area contributed by atoms with Crippen LogP contribution in [0.1, 0.15) is 24.1 Å². The SMILES string of the molecule is CCNC(C(N)=O)c1ccc(F)c(C#N)c1. The zero-order valence-electron chi connectivity index (χ0n) is 8.83. The van der Waals surface area contributed by atoms with E-state index in [1.54, 1.807) is 6.07 Å². The summed E-state index contributed by atoms with van der Waals surface area (Å²) in [4.78, 5) is 11.2. The topological polar surface area (TPSA) is 78.9 Å². The number of rotatable bonds is 4. The monoisotopic (exact) mass is 221 g/mol. The fraction of sp³-hybridized carbons (Fsp3) is 0.273. The summed E-state index contributed by atoms with van der Waals surface area (Å²) < 4.78 is 13.1. The van der Waals surface area contributed by atoms with Crippen LogP contribution in [0.3, 0.4) is 0 Å². The lowest BCUT2D eigenvalue weighted by Gasteiger charge is -2.14. The van der Waals surface area contributed by atoms with Crippen molar-refractivity contribution in [1.29, 1.82) is 5.26 Å². The largest absolute Gasteiger partial charge is 0.368 e. The van der Waals surface area contributed by atoms with E-state index in [-0.39, 0.29) is 5.56 Å². The van der Waals surface area contributed by atoms with Crippen molar-refractivity contribution < 1.29 is 9.18 Å². The van der Waals surface area contributed by atoms with Crippen LogP contribution in [-0.4, -0.2) is 12.5 Å². The lowest BCUT2D eigenvalue weighted by molar-refractivity contribution is -0.120. The molecule has 1 rings (SSSR count). The fourth-order valence-corrected chi connectivity index (χ4v) is 1.39. The zero-order valence-corrected chi connectivity index (χ0v) is 8.83. The van der Waals surface area contributed by atoms with Gasteiger partial charge in [-0.05, 0) is 24.2 Å². The van der Waals surface area contributed by atoms with Crippen LogP contribution >= 0.6 is 0 Å². The minimum atomic E-state index is -0.697. The molecule has 0 bridgehead atoms. The van der Waals surface area contributed by atoms with E-state index < -0.39 is 17.8 Å². The summed E-state index contributed by atoms with van der Waals surface area (Å²) in [5, 5.41) is 11.5. The van der Waals surface area contributed by atoms with Crippen molar-refractivity contribution in [2.45, 2.75) is 13.0 Å². The summed E-state index contributed by atoms with van der Waals surface area (Å²) in [5.74, 6) is -1.16. The molecule has 1 aromatic rings. The van der Waals surface area contributed by atoms with Gasteiger partial charge in [0.05, 0.1) is 5.56 Å². The highest BCUT2D eigenvalue weighted by Gasteiger charge is 2.17. The Labute approximate surface area is 92.9 Å². The normalized spacial score (nSPS) is 11.8. The van der Waals surface area contributed by atoms with Crippen LogP contribution in [0.4, 0.5) is 4.39 Å². The van der Waals surface area contributed by atoms with Crippen LogP contribution in [0.5, 0.6) is 0 Å². The molecular formula is C11H12FN3O. The Morgan fingerprint density at radius 1 is 1.69 bits per heavy atom. The number of hydrogen-bond acceptors (Lipinski definition) is 3. The van der Waals surface area contributed by atoms with Crippen molar-refractivity contribution in [3.8, 4) is 6.07 Å². The van der Waals surface area contributed by atoms with Gasteiger partial charge in [0.2, 0.25) is 5.91 Å². The number of carbonyl (C=O) groups is 1. The smallest absolute Gasteiger partial charge is 0.239 e. The second-order valence-corrected chi connectivity index (χ2v) is 3.24. The minimum absolute atomic E-state index is 0.0957. The molecule has 0 aromatic heterocycles. The maximum Gasteiger partial charge on any atom is 0.239 e. The number of nitrogens with one attached hydrogen (secondary N) is 1. The molecule has 0 aliphatic heterocycles. The number of likely N-dealkylation sites (N-methyl/N-ethyl adjacent to an activating group) is 1. The van der Waals surface area contributed by atoms with Gasteiger partial charge >= 0.3 is 0 Å². The third kappa shape index (κ3) is 2.55. The first-order valence-electron chi connectivity index (χ1n) is 4.82. The van der Waals surface area contributed by atoms with Gasteiger partial charge in [0, 0.05) is 0 Å². The molecule has 1 amide bonds. The molecule has 0 saturated carbocycles. The highest BCUT2D eigenvalue weighted by molar-refractivity contribution is 5.81. The highest BCUT2D eigenvalue weighted by atomic mass is 19.1. The molecule has 0 fully saturated rings. The van der Waals surface area contributed by atoms with Crippen LogP contribution in [0, 0.1) is 17.1 Å². The van der Waals surface area contributed by atoms with E-state index in [0.29, 0.717) is 12.1 Å². The van der Waals surface area contributed by atoms with Crippen molar-refractivity contribution in [3.05, 3.63) is 35.1 Å². The number of benzene rings is 1. The van der Waals surface area contributed by atoms with E-state index in [1.165, 1.54) is 12.1 Å². The molecule has 0 spiro atoms. The first kappa shape index (κ1) is 12.1. The van der Waals surface area contributed by atoms with Crippen LogP contribution < -0.4 is 11.1 Å². The Bertz CT molecular complexity index is 439. The van der Waals surface area contributed by atoms with Gasteiger partial charge in [-0.2, -0.15) is 5.26 Å². The van der Waals surface area contributed by atoms with E-state index in [9.17, 15) is 9.18 Å². The quantitative estimate of drug-likeness (QED) is 0.790. The molecular weight excluding hydrogens is 209 g/mol. The number of nitrogens with two attached hydrogens (primary N) is 1. The van der Waals surface area contributed by atoms with Gasteiger partial charge in [-0.3, -0.25) is 4.79 Å². The summed E-state index contributed by atoms with van der Waals surface area (Å²) in [6.45, 7) is 2.37. The summed E-state index contributed by atoms with van der Waals surface area (Å²) in [5.41, 5.74) is 5.60. The minimum Gasteiger partial charge on any atom is -0.368 e. The summed E-state index contributed by atoms with van der Waals surface area (Å²) >= 11 is 0. The lowest BCUT2D eigenvalue weighted by atomic mass is 10.0. The lowest BCUT2D eigenvalue weighted by Crippen LogP contribution is -2.33. The molecule has 1 aromatic carbocycles. The third-order valence-corrected chi connectivity index (χ3v) is 2.14. The number of nitrogens with zero attached hydrogens (tertiary/aromatic N) is 1. The first-order chi connectivity index (χ1) is 7.60. The van der Waals surface area contributed by atoms with Gasteiger partial charge in [0.1, 0.15) is 17.9 Å². The Balaban J connectivity index is 3.11. The molecule has 1 atom stereocenters. The number of nitriles is 1. The van der Waals surface area contributed by atoms with E-state index in [1.807, 2.05) is 6.92 Å². The van der Waals surface area contributed by atoms with Gasteiger partial charge in [0.25, 0.3) is 0 Å². The van der Waals surface area contributed by atoms with Crippen molar-refractivity contribution in [2.24, 2.45) is 5.73 Å². The average Bonchev–Trinajstić information content (AvgIpc) is 2.26. The highest BCUT2D eigenvalue weighted by Crippen LogP contribution is 2.16. The summed E-state index contributed by atoms with van der Waals surface area (Å²) in [7, 11) is 0. The Morgan fingerprint density at radius 3 is 2.88 bits per heavy atom. The van der Waals surface area contributed by atoms with Crippen LogP contribution in [0.15, 0.2) is 18.2 Å². The van der Waals surface area contributed by atoms with E-state index in [0.717, 1.165) is 6.07 Å². The molecule has 4 nitrogen and oxygen atoms in total. The van der Waals surface area contributed by atoms with Crippen LogP contribution in [0.2, 0.25) is 0 Å². The maximum absolute atomic E-state index is 13.1.